The van der Waals surface area contributed by atoms with E-state index in [2.05, 4.69) is 18.2 Å². The molecule has 0 aliphatic heterocycles. The van der Waals surface area contributed by atoms with Gasteiger partial charge in [-0.3, -0.25) is 0 Å². The van der Waals surface area contributed by atoms with Crippen LogP contribution in [0, 0.1) is 20.8 Å². The van der Waals surface area contributed by atoms with E-state index in [4.69, 9.17) is 4.74 Å². The third-order valence-electron chi connectivity index (χ3n) is 4.04. The number of phenols is 1. The lowest BCUT2D eigenvalue weighted by Gasteiger charge is -2.11. The van der Waals surface area contributed by atoms with Gasteiger partial charge in [-0.05, 0) is 62.2 Å². The van der Waals surface area contributed by atoms with Crippen molar-refractivity contribution in [3.8, 4) is 11.4 Å². The molecule has 0 amide bonds. The van der Waals surface area contributed by atoms with E-state index < -0.39 is 5.97 Å². The van der Waals surface area contributed by atoms with Gasteiger partial charge < -0.3 is 14.4 Å². The second-order valence-corrected chi connectivity index (χ2v) is 5.83. The fraction of sp³-hybridized carbons (Fsp3) is 0.211. The Kier molecular flexibility index (Phi) is 3.60. The molecule has 1 aromatic heterocycles. The smallest absolute Gasteiger partial charge is 0.340 e. The molecule has 4 nitrogen and oxygen atoms in total. The molecule has 1 heterocycles. The molecule has 118 valence electrons. The van der Waals surface area contributed by atoms with Crippen LogP contribution in [0.15, 0.2) is 36.4 Å². The summed E-state index contributed by atoms with van der Waals surface area (Å²) in [6.45, 7) is 5.98. The van der Waals surface area contributed by atoms with Crippen LogP contribution in [-0.4, -0.2) is 22.8 Å². The van der Waals surface area contributed by atoms with Gasteiger partial charge in [-0.15, -0.1) is 0 Å². The van der Waals surface area contributed by atoms with Crippen LogP contribution in [0.4, 0.5) is 0 Å². The topological polar surface area (TPSA) is 51.5 Å². The van der Waals surface area contributed by atoms with Crippen LogP contribution < -0.4 is 0 Å². The number of fused-ring (bicyclic) bond motifs is 1. The number of nitrogens with zero attached hydrogens (tertiary/aromatic N) is 1. The summed E-state index contributed by atoms with van der Waals surface area (Å²) in [5.74, 6) is -0.276. The number of rotatable bonds is 2. The second kappa shape index (κ2) is 5.47. The summed E-state index contributed by atoms with van der Waals surface area (Å²) in [4.78, 5) is 12.2. The molecule has 0 aliphatic rings. The number of esters is 1. The quantitative estimate of drug-likeness (QED) is 0.727. The molecule has 0 saturated heterocycles. The van der Waals surface area contributed by atoms with Gasteiger partial charge in [0.1, 0.15) is 5.75 Å². The lowest BCUT2D eigenvalue weighted by molar-refractivity contribution is 0.0602. The number of aromatic nitrogens is 1. The summed E-state index contributed by atoms with van der Waals surface area (Å²) in [5.41, 5.74) is 5.44. The number of methoxy groups -OCH3 is 1. The molecule has 0 saturated carbocycles. The first kappa shape index (κ1) is 15.2. The average molecular weight is 309 g/mol. The zero-order valence-electron chi connectivity index (χ0n) is 13.7. The van der Waals surface area contributed by atoms with E-state index in [1.807, 2.05) is 31.4 Å². The normalized spacial score (nSPS) is 11.0. The Hall–Kier alpha value is -2.75. The Labute approximate surface area is 134 Å². The SMILES string of the molecule is COC(=O)c1c(C)n(-c2cc(C)cc(C)c2)c2ccc(O)cc12. The van der Waals surface area contributed by atoms with Gasteiger partial charge in [0.25, 0.3) is 0 Å². The van der Waals surface area contributed by atoms with Crippen LogP contribution in [0.1, 0.15) is 27.2 Å². The summed E-state index contributed by atoms with van der Waals surface area (Å²) in [5, 5.41) is 10.5. The van der Waals surface area contributed by atoms with Gasteiger partial charge in [0.15, 0.2) is 0 Å². The Balaban J connectivity index is 2.41. The maximum absolute atomic E-state index is 12.2. The van der Waals surface area contributed by atoms with Gasteiger partial charge >= 0.3 is 5.97 Å². The van der Waals surface area contributed by atoms with E-state index >= 15 is 0 Å². The molecule has 3 rings (SSSR count). The third-order valence-corrected chi connectivity index (χ3v) is 4.04. The first-order valence-corrected chi connectivity index (χ1v) is 7.43. The molecule has 0 unspecified atom stereocenters. The first-order chi connectivity index (χ1) is 10.9. The minimum atomic E-state index is -0.402. The van der Waals surface area contributed by atoms with Crippen molar-refractivity contribution < 1.29 is 14.6 Å². The monoisotopic (exact) mass is 309 g/mol. The van der Waals surface area contributed by atoms with E-state index in [9.17, 15) is 9.90 Å². The Morgan fingerprint density at radius 1 is 1.04 bits per heavy atom. The van der Waals surface area contributed by atoms with Crippen molar-refractivity contribution in [1.82, 2.24) is 4.57 Å². The van der Waals surface area contributed by atoms with Crippen LogP contribution in [-0.2, 0) is 4.74 Å². The van der Waals surface area contributed by atoms with Crippen molar-refractivity contribution in [3.63, 3.8) is 0 Å². The van der Waals surface area contributed by atoms with Crippen LogP contribution in [0.5, 0.6) is 5.75 Å². The second-order valence-electron chi connectivity index (χ2n) is 5.83. The lowest BCUT2D eigenvalue weighted by Crippen LogP contribution is -2.04. The average Bonchev–Trinajstić information content (AvgIpc) is 2.76. The molecule has 0 aliphatic carbocycles. The standard InChI is InChI=1S/C19H19NO3/c1-11-7-12(2)9-14(8-11)20-13(3)18(19(22)23-4)16-10-15(21)5-6-17(16)20/h5-10,21H,1-4H3. The molecule has 0 atom stereocenters. The highest BCUT2D eigenvalue weighted by Crippen LogP contribution is 2.32. The van der Waals surface area contributed by atoms with E-state index in [0.717, 1.165) is 28.0 Å². The molecule has 3 aromatic rings. The molecule has 0 fully saturated rings. The first-order valence-electron chi connectivity index (χ1n) is 7.43. The fourth-order valence-corrected chi connectivity index (χ4v) is 3.18. The Morgan fingerprint density at radius 2 is 1.70 bits per heavy atom. The van der Waals surface area contributed by atoms with E-state index in [-0.39, 0.29) is 5.75 Å². The minimum Gasteiger partial charge on any atom is -0.508 e. The van der Waals surface area contributed by atoms with E-state index in [1.165, 1.54) is 7.11 Å². The fourth-order valence-electron chi connectivity index (χ4n) is 3.18. The summed E-state index contributed by atoms with van der Waals surface area (Å²) in [6.07, 6.45) is 0. The number of benzene rings is 2. The molecule has 4 heteroatoms. The zero-order valence-corrected chi connectivity index (χ0v) is 13.7. The van der Waals surface area contributed by atoms with Gasteiger partial charge in [-0.1, -0.05) is 6.07 Å². The molecule has 0 radical (unpaired) electrons. The molecule has 23 heavy (non-hydrogen) atoms. The van der Waals surface area contributed by atoms with Crippen LogP contribution in [0.2, 0.25) is 0 Å². The van der Waals surface area contributed by atoms with E-state index in [0.29, 0.717) is 10.9 Å². The number of hydrogen-bond donors (Lipinski definition) is 1. The molecule has 0 bridgehead atoms. The van der Waals surface area contributed by atoms with Crippen molar-refractivity contribution in [1.29, 1.82) is 0 Å². The van der Waals surface area contributed by atoms with Crippen LogP contribution in [0.25, 0.3) is 16.6 Å². The summed E-state index contributed by atoms with van der Waals surface area (Å²) < 4.78 is 6.96. The van der Waals surface area contributed by atoms with Crippen molar-refractivity contribution in [3.05, 3.63) is 58.8 Å². The number of aryl methyl sites for hydroxylation is 2. The van der Waals surface area contributed by atoms with Crippen molar-refractivity contribution in [2.24, 2.45) is 0 Å². The minimum absolute atomic E-state index is 0.125. The number of aromatic hydroxyl groups is 1. The Morgan fingerprint density at radius 3 is 2.30 bits per heavy atom. The maximum Gasteiger partial charge on any atom is 0.340 e. The highest BCUT2D eigenvalue weighted by atomic mass is 16.5. The largest absolute Gasteiger partial charge is 0.508 e. The summed E-state index contributed by atoms with van der Waals surface area (Å²) in [6, 6.07) is 11.3. The third kappa shape index (κ3) is 2.46. The summed E-state index contributed by atoms with van der Waals surface area (Å²) >= 11 is 0. The summed E-state index contributed by atoms with van der Waals surface area (Å²) in [7, 11) is 1.37. The molecular weight excluding hydrogens is 290 g/mol. The van der Waals surface area contributed by atoms with Gasteiger partial charge in [0, 0.05) is 16.8 Å². The Bertz CT molecular complexity index is 902. The van der Waals surface area contributed by atoms with Crippen LogP contribution >= 0.6 is 0 Å². The predicted molar refractivity (Wildman–Crippen MR) is 90.5 cm³/mol. The highest BCUT2D eigenvalue weighted by Gasteiger charge is 2.21. The van der Waals surface area contributed by atoms with Gasteiger partial charge in [-0.2, -0.15) is 0 Å². The number of ether oxygens (including phenoxy) is 1. The number of carbonyl (C=O) groups is 1. The molecular formula is C19H19NO3. The van der Waals surface area contributed by atoms with Gasteiger partial charge in [-0.25, -0.2) is 4.79 Å². The number of phenolic OH excluding ortho intramolecular Hbond substituents is 1. The van der Waals surface area contributed by atoms with Crippen molar-refractivity contribution in [2.75, 3.05) is 7.11 Å². The molecule has 2 aromatic carbocycles. The maximum atomic E-state index is 12.2. The number of carbonyl (C=O) groups excluding carboxylic acids is 1. The predicted octanol–water partition coefficient (Wildman–Crippen LogP) is 4.05. The molecule has 1 N–H and O–H groups in total. The van der Waals surface area contributed by atoms with Crippen LogP contribution in [0.3, 0.4) is 0 Å². The van der Waals surface area contributed by atoms with Crippen molar-refractivity contribution >= 4 is 16.9 Å². The lowest BCUT2D eigenvalue weighted by atomic mass is 10.1. The van der Waals surface area contributed by atoms with Gasteiger partial charge in [0.2, 0.25) is 0 Å². The van der Waals surface area contributed by atoms with E-state index in [1.54, 1.807) is 12.1 Å². The molecule has 0 spiro atoms. The van der Waals surface area contributed by atoms with Crippen molar-refractivity contribution in [2.45, 2.75) is 20.8 Å². The number of hydrogen-bond acceptors (Lipinski definition) is 3. The van der Waals surface area contributed by atoms with Gasteiger partial charge in [0.05, 0.1) is 18.2 Å². The highest BCUT2D eigenvalue weighted by molar-refractivity contribution is 6.06. The zero-order chi connectivity index (χ0) is 16.7.